The van der Waals surface area contributed by atoms with Gasteiger partial charge in [0.25, 0.3) is 0 Å². The van der Waals surface area contributed by atoms with Crippen LogP contribution in [0.3, 0.4) is 0 Å². The van der Waals surface area contributed by atoms with E-state index in [1.807, 2.05) is 0 Å². The van der Waals surface area contributed by atoms with E-state index in [9.17, 15) is 18.3 Å². The first-order valence-corrected chi connectivity index (χ1v) is 6.24. The second-order valence-corrected chi connectivity index (χ2v) is 5.12. The zero-order valence-electron chi connectivity index (χ0n) is 10.3. The van der Waals surface area contributed by atoms with Crippen molar-refractivity contribution in [3.63, 3.8) is 0 Å². The molecule has 0 unspecified atom stereocenters. The second-order valence-electron chi connectivity index (χ2n) is 5.12. The fourth-order valence-corrected chi connectivity index (χ4v) is 2.77. The minimum atomic E-state index is -4.32. The first-order valence-electron chi connectivity index (χ1n) is 6.24. The van der Waals surface area contributed by atoms with Crippen LogP contribution < -0.4 is 0 Å². The Morgan fingerprint density at radius 3 is 2.22 bits per heavy atom. The Morgan fingerprint density at radius 2 is 1.72 bits per heavy atom. The molecule has 0 spiro atoms. The molecule has 0 radical (unpaired) electrons. The topological polar surface area (TPSA) is 20.2 Å². The summed E-state index contributed by atoms with van der Waals surface area (Å²) in [5.74, 6) is 0. The Hall–Kier alpha value is -1.03. The molecule has 1 aliphatic rings. The van der Waals surface area contributed by atoms with Gasteiger partial charge in [-0.15, -0.1) is 0 Å². The van der Waals surface area contributed by atoms with Gasteiger partial charge in [-0.1, -0.05) is 25.3 Å². The molecule has 0 aromatic heterocycles. The molecular weight excluding hydrogens is 241 g/mol. The number of hydrogen-bond donors (Lipinski definition) is 1. The van der Waals surface area contributed by atoms with Crippen LogP contribution in [-0.4, -0.2) is 5.11 Å². The molecule has 0 amide bonds. The molecule has 1 N–H and O–H groups in total. The smallest absolute Gasteiger partial charge is 0.385 e. The van der Waals surface area contributed by atoms with Gasteiger partial charge >= 0.3 is 6.18 Å². The van der Waals surface area contributed by atoms with Gasteiger partial charge in [-0.25, -0.2) is 0 Å². The number of aliphatic hydroxyl groups is 1. The molecule has 1 aromatic rings. The molecule has 1 aromatic carbocycles. The maximum Gasteiger partial charge on any atom is 0.416 e. The first-order chi connectivity index (χ1) is 8.33. The van der Waals surface area contributed by atoms with Gasteiger partial charge in [0, 0.05) is 0 Å². The molecule has 0 heterocycles. The van der Waals surface area contributed by atoms with Crippen LogP contribution >= 0.6 is 0 Å². The van der Waals surface area contributed by atoms with E-state index < -0.39 is 17.3 Å². The van der Waals surface area contributed by atoms with Crippen molar-refractivity contribution < 1.29 is 18.3 Å². The summed E-state index contributed by atoms with van der Waals surface area (Å²) in [6.45, 7) is 1.64. The van der Waals surface area contributed by atoms with Crippen LogP contribution in [0.25, 0.3) is 0 Å². The fourth-order valence-electron chi connectivity index (χ4n) is 2.77. The Balaban J connectivity index is 2.35. The van der Waals surface area contributed by atoms with E-state index in [1.54, 1.807) is 6.92 Å². The SMILES string of the molecule is Cc1cc(C(F)(F)F)ccc1C1(O)CCCCC1. The zero-order chi connectivity index (χ0) is 13.4. The third-order valence-corrected chi connectivity index (χ3v) is 3.74. The van der Waals surface area contributed by atoms with Crippen molar-refractivity contribution in [1.82, 2.24) is 0 Å². The average molecular weight is 258 g/mol. The van der Waals surface area contributed by atoms with E-state index >= 15 is 0 Å². The van der Waals surface area contributed by atoms with E-state index in [2.05, 4.69) is 0 Å². The quantitative estimate of drug-likeness (QED) is 0.801. The Kier molecular flexibility index (Phi) is 3.41. The van der Waals surface area contributed by atoms with Crippen molar-refractivity contribution in [1.29, 1.82) is 0 Å². The molecule has 2 rings (SSSR count). The third kappa shape index (κ3) is 2.53. The number of rotatable bonds is 1. The number of hydrogen-bond acceptors (Lipinski definition) is 1. The van der Waals surface area contributed by atoms with Crippen LogP contribution in [0.2, 0.25) is 0 Å². The Labute approximate surface area is 105 Å². The van der Waals surface area contributed by atoms with E-state index in [4.69, 9.17) is 0 Å². The standard InChI is InChI=1S/C14H17F3O/c1-10-9-11(14(15,16)17)5-6-12(10)13(18)7-3-2-4-8-13/h5-6,9,18H,2-4,7-8H2,1H3. The number of halogens is 3. The van der Waals surface area contributed by atoms with Gasteiger partial charge in [0.05, 0.1) is 11.2 Å². The van der Waals surface area contributed by atoms with Crippen LogP contribution in [0, 0.1) is 6.92 Å². The van der Waals surface area contributed by atoms with Gasteiger partial charge in [0.15, 0.2) is 0 Å². The lowest BCUT2D eigenvalue weighted by Gasteiger charge is -2.34. The van der Waals surface area contributed by atoms with Crippen molar-refractivity contribution in [2.75, 3.05) is 0 Å². The summed E-state index contributed by atoms with van der Waals surface area (Å²) >= 11 is 0. The van der Waals surface area contributed by atoms with Gasteiger partial charge in [0.1, 0.15) is 0 Å². The van der Waals surface area contributed by atoms with Gasteiger partial charge in [0.2, 0.25) is 0 Å². The van der Waals surface area contributed by atoms with E-state index in [1.165, 1.54) is 6.07 Å². The molecule has 1 nitrogen and oxygen atoms in total. The molecule has 1 aliphatic carbocycles. The maximum absolute atomic E-state index is 12.6. The highest BCUT2D eigenvalue weighted by molar-refractivity contribution is 5.36. The highest BCUT2D eigenvalue weighted by Gasteiger charge is 2.35. The van der Waals surface area contributed by atoms with Crippen LogP contribution in [0.4, 0.5) is 13.2 Å². The summed E-state index contributed by atoms with van der Waals surface area (Å²) in [5.41, 5.74) is -0.417. The molecule has 0 atom stereocenters. The predicted molar refractivity (Wildman–Crippen MR) is 63.2 cm³/mol. The van der Waals surface area contributed by atoms with Crippen LogP contribution in [0.5, 0.6) is 0 Å². The van der Waals surface area contributed by atoms with Gasteiger partial charge in [-0.2, -0.15) is 13.2 Å². The highest BCUT2D eigenvalue weighted by atomic mass is 19.4. The monoisotopic (exact) mass is 258 g/mol. The average Bonchev–Trinajstić information content (AvgIpc) is 2.28. The fraction of sp³-hybridized carbons (Fsp3) is 0.571. The van der Waals surface area contributed by atoms with Gasteiger partial charge in [-0.05, 0) is 43.0 Å². The zero-order valence-corrected chi connectivity index (χ0v) is 10.3. The van der Waals surface area contributed by atoms with Crippen molar-refractivity contribution >= 4 is 0 Å². The Morgan fingerprint density at radius 1 is 1.11 bits per heavy atom. The first kappa shape index (κ1) is 13.4. The minimum absolute atomic E-state index is 0.522. The number of aryl methyl sites for hydroxylation is 1. The molecule has 0 aliphatic heterocycles. The number of benzene rings is 1. The predicted octanol–water partition coefficient (Wildman–Crippen LogP) is 4.17. The molecule has 100 valence electrons. The summed E-state index contributed by atoms with van der Waals surface area (Å²) in [6, 6.07) is 3.63. The van der Waals surface area contributed by atoms with Gasteiger partial charge in [-0.3, -0.25) is 0 Å². The van der Waals surface area contributed by atoms with E-state index in [-0.39, 0.29) is 0 Å². The summed E-state index contributed by atoms with van der Waals surface area (Å²) in [5, 5.41) is 10.5. The highest BCUT2D eigenvalue weighted by Crippen LogP contribution is 2.40. The largest absolute Gasteiger partial charge is 0.416 e. The summed E-state index contributed by atoms with van der Waals surface area (Å²) in [4.78, 5) is 0. The molecule has 1 fully saturated rings. The van der Waals surface area contributed by atoms with Crippen LogP contribution in [0.15, 0.2) is 18.2 Å². The summed E-state index contributed by atoms with van der Waals surface area (Å²) in [6.07, 6.45) is -0.104. The molecular formula is C14H17F3O. The van der Waals surface area contributed by atoms with Crippen molar-refractivity contribution in [2.45, 2.75) is 50.8 Å². The van der Waals surface area contributed by atoms with Crippen molar-refractivity contribution in [3.8, 4) is 0 Å². The molecule has 1 saturated carbocycles. The lowest BCUT2D eigenvalue weighted by atomic mass is 9.78. The molecule has 18 heavy (non-hydrogen) atoms. The van der Waals surface area contributed by atoms with Crippen molar-refractivity contribution in [3.05, 3.63) is 34.9 Å². The van der Waals surface area contributed by atoms with E-state index in [0.717, 1.165) is 31.4 Å². The lowest BCUT2D eigenvalue weighted by Crippen LogP contribution is -2.29. The molecule has 0 bridgehead atoms. The molecule has 0 saturated heterocycles. The lowest BCUT2D eigenvalue weighted by molar-refractivity contribution is -0.137. The maximum atomic E-state index is 12.6. The van der Waals surface area contributed by atoms with Gasteiger partial charge < -0.3 is 5.11 Å². The molecule has 4 heteroatoms. The van der Waals surface area contributed by atoms with Crippen LogP contribution in [0.1, 0.15) is 48.8 Å². The Bertz CT molecular complexity index is 431. The number of alkyl halides is 3. The minimum Gasteiger partial charge on any atom is -0.385 e. The van der Waals surface area contributed by atoms with Crippen molar-refractivity contribution in [2.24, 2.45) is 0 Å². The summed E-state index contributed by atoms with van der Waals surface area (Å²) in [7, 11) is 0. The second kappa shape index (κ2) is 4.57. The summed E-state index contributed by atoms with van der Waals surface area (Å²) < 4.78 is 37.7. The third-order valence-electron chi connectivity index (χ3n) is 3.74. The van der Waals surface area contributed by atoms with Crippen LogP contribution in [-0.2, 0) is 11.8 Å². The normalized spacial score (nSPS) is 19.8. The van der Waals surface area contributed by atoms with E-state index in [0.29, 0.717) is 24.0 Å².